The number of rotatable bonds is 7. The van der Waals surface area contributed by atoms with Gasteiger partial charge in [0.25, 0.3) is 0 Å². The first kappa shape index (κ1) is 17.7. The van der Waals surface area contributed by atoms with Gasteiger partial charge in [0.15, 0.2) is 0 Å². The van der Waals surface area contributed by atoms with Crippen LogP contribution in [0.25, 0.3) is 0 Å². The molecule has 0 spiro atoms. The molecule has 0 radical (unpaired) electrons. The van der Waals surface area contributed by atoms with Gasteiger partial charge >= 0.3 is 6.09 Å². The number of imide groups is 1. The van der Waals surface area contributed by atoms with Crippen molar-refractivity contribution in [2.24, 2.45) is 11.8 Å². The van der Waals surface area contributed by atoms with Gasteiger partial charge in [-0.05, 0) is 30.7 Å². The molecule has 3 rings (SSSR count). The third-order valence-corrected chi connectivity index (χ3v) is 5.28. The van der Waals surface area contributed by atoms with Crippen molar-refractivity contribution in [3.05, 3.63) is 48.0 Å². The zero-order chi connectivity index (χ0) is 17.6. The fourth-order valence-electron chi connectivity index (χ4n) is 3.42. The second-order valence-electron chi connectivity index (χ2n) is 7.27. The first-order chi connectivity index (χ1) is 12.1. The van der Waals surface area contributed by atoms with E-state index in [1.807, 2.05) is 37.3 Å². The van der Waals surface area contributed by atoms with Crippen LogP contribution in [0, 0.1) is 11.8 Å². The molecular formula is C21H27NO3. The lowest BCUT2D eigenvalue weighted by Crippen LogP contribution is -2.42. The van der Waals surface area contributed by atoms with E-state index >= 15 is 0 Å². The van der Waals surface area contributed by atoms with Crippen LogP contribution in [-0.2, 0) is 16.0 Å². The molecule has 1 aromatic rings. The Morgan fingerprint density at radius 1 is 1.28 bits per heavy atom. The molecule has 0 bridgehead atoms. The summed E-state index contributed by atoms with van der Waals surface area (Å²) >= 11 is 0. The van der Waals surface area contributed by atoms with Crippen LogP contribution in [0.1, 0.15) is 44.6 Å². The Labute approximate surface area is 149 Å². The number of amides is 2. The summed E-state index contributed by atoms with van der Waals surface area (Å²) in [5, 5.41) is 0. The SMILES string of the molecule is C[C@H](C/C=C/CC1CCC1)C(=O)N1C(=O)OC[C@@H]1Cc1ccccc1. The third-order valence-electron chi connectivity index (χ3n) is 5.28. The minimum absolute atomic E-state index is 0.128. The third kappa shape index (κ3) is 4.50. The molecule has 1 heterocycles. The van der Waals surface area contributed by atoms with Crippen LogP contribution in [0.15, 0.2) is 42.5 Å². The summed E-state index contributed by atoms with van der Waals surface area (Å²) in [5.74, 6) is 0.504. The Balaban J connectivity index is 1.55. The van der Waals surface area contributed by atoms with E-state index in [2.05, 4.69) is 12.2 Å². The molecule has 1 saturated carbocycles. The molecule has 1 aliphatic heterocycles. The van der Waals surface area contributed by atoms with E-state index in [9.17, 15) is 9.59 Å². The van der Waals surface area contributed by atoms with Crippen molar-refractivity contribution >= 4 is 12.0 Å². The summed E-state index contributed by atoms with van der Waals surface area (Å²) in [4.78, 5) is 26.1. The number of nitrogens with zero attached hydrogens (tertiary/aromatic N) is 1. The molecule has 1 saturated heterocycles. The van der Waals surface area contributed by atoms with Gasteiger partial charge in [-0.25, -0.2) is 9.69 Å². The Kier molecular flexibility index (Phi) is 5.90. The van der Waals surface area contributed by atoms with Crippen molar-refractivity contribution in [2.45, 2.75) is 51.5 Å². The molecular weight excluding hydrogens is 314 g/mol. The van der Waals surface area contributed by atoms with Crippen molar-refractivity contribution in [2.75, 3.05) is 6.61 Å². The molecule has 134 valence electrons. The van der Waals surface area contributed by atoms with Gasteiger partial charge in [0, 0.05) is 5.92 Å². The van der Waals surface area contributed by atoms with Crippen molar-refractivity contribution in [1.82, 2.24) is 4.90 Å². The minimum Gasteiger partial charge on any atom is -0.447 e. The highest BCUT2D eigenvalue weighted by molar-refractivity contribution is 5.94. The Morgan fingerprint density at radius 2 is 2.04 bits per heavy atom. The Bertz CT molecular complexity index is 621. The second kappa shape index (κ2) is 8.32. The number of carbonyl (C=O) groups is 2. The first-order valence-corrected chi connectivity index (χ1v) is 9.34. The van der Waals surface area contributed by atoms with Crippen LogP contribution >= 0.6 is 0 Å². The fraction of sp³-hybridized carbons (Fsp3) is 0.524. The molecule has 1 aromatic carbocycles. The number of cyclic esters (lactones) is 1. The van der Waals surface area contributed by atoms with E-state index in [4.69, 9.17) is 4.74 Å². The summed E-state index contributed by atoms with van der Waals surface area (Å²) in [6.07, 6.45) is 10.2. The minimum atomic E-state index is -0.503. The van der Waals surface area contributed by atoms with E-state index < -0.39 is 6.09 Å². The van der Waals surface area contributed by atoms with Crippen molar-refractivity contribution in [3.63, 3.8) is 0 Å². The molecule has 4 nitrogen and oxygen atoms in total. The van der Waals surface area contributed by atoms with Gasteiger partial charge in [-0.1, -0.05) is 68.7 Å². The first-order valence-electron chi connectivity index (χ1n) is 9.34. The molecule has 0 unspecified atom stereocenters. The van der Waals surface area contributed by atoms with Crippen LogP contribution < -0.4 is 0 Å². The summed E-state index contributed by atoms with van der Waals surface area (Å²) in [7, 11) is 0. The molecule has 4 heteroatoms. The Morgan fingerprint density at radius 3 is 2.72 bits per heavy atom. The maximum absolute atomic E-state index is 12.7. The van der Waals surface area contributed by atoms with Gasteiger partial charge in [0.05, 0.1) is 6.04 Å². The molecule has 0 N–H and O–H groups in total. The number of ether oxygens (including phenoxy) is 1. The standard InChI is InChI=1S/C21H27NO3/c1-16(8-5-6-9-17-12-7-13-17)20(23)22-19(15-25-21(22)24)14-18-10-3-2-4-11-18/h2-6,10-11,16-17,19H,7-9,12-15H2,1H3/b6-5+/t16-,19+/m1/s1. The maximum atomic E-state index is 12.7. The van der Waals surface area contributed by atoms with Crippen LogP contribution in [0.2, 0.25) is 0 Å². The number of benzene rings is 1. The van der Waals surface area contributed by atoms with Gasteiger partial charge in [0.2, 0.25) is 5.91 Å². The number of allylic oxidation sites excluding steroid dienone is 2. The molecule has 2 amide bonds. The zero-order valence-electron chi connectivity index (χ0n) is 14.9. The van der Waals surface area contributed by atoms with E-state index in [-0.39, 0.29) is 24.5 Å². The van der Waals surface area contributed by atoms with Crippen LogP contribution in [0.5, 0.6) is 0 Å². The van der Waals surface area contributed by atoms with Crippen LogP contribution in [0.4, 0.5) is 4.79 Å². The smallest absolute Gasteiger partial charge is 0.416 e. The summed E-state index contributed by atoms with van der Waals surface area (Å²) in [5.41, 5.74) is 1.11. The highest BCUT2D eigenvalue weighted by Crippen LogP contribution is 2.29. The largest absolute Gasteiger partial charge is 0.447 e. The summed E-state index contributed by atoms with van der Waals surface area (Å²) < 4.78 is 5.15. The second-order valence-corrected chi connectivity index (χ2v) is 7.27. The van der Waals surface area contributed by atoms with Crippen LogP contribution in [-0.4, -0.2) is 29.5 Å². The van der Waals surface area contributed by atoms with E-state index in [1.165, 1.54) is 24.2 Å². The van der Waals surface area contributed by atoms with Gasteiger partial charge in [-0.2, -0.15) is 0 Å². The average Bonchev–Trinajstić information content (AvgIpc) is 2.93. The summed E-state index contributed by atoms with van der Waals surface area (Å²) in [6, 6.07) is 9.71. The maximum Gasteiger partial charge on any atom is 0.416 e. The fourth-order valence-corrected chi connectivity index (χ4v) is 3.42. The lowest BCUT2D eigenvalue weighted by atomic mass is 9.83. The Hall–Kier alpha value is -2.10. The van der Waals surface area contributed by atoms with Crippen LogP contribution in [0.3, 0.4) is 0 Å². The van der Waals surface area contributed by atoms with E-state index in [0.29, 0.717) is 12.8 Å². The van der Waals surface area contributed by atoms with Crippen molar-refractivity contribution in [1.29, 1.82) is 0 Å². The topological polar surface area (TPSA) is 46.6 Å². The lowest BCUT2D eigenvalue weighted by molar-refractivity contribution is -0.132. The highest BCUT2D eigenvalue weighted by Gasteiger charge is 2.39. The average molecular weight is 341 g/mol. The molecule has 2 aliphatic rings. The molecule has 2 fully saturated rings. The predicted molar refractivity (Wildman–Crippen MR) is 97.0 cm³/mol. The van der Waals surface area contributed by atoms with E-state index in [0.717, 1.165) is 17.9 Å². The van der Waals surface area contributed by atoms with Gasteiger partial charge < -0.3 is 4.74 Å². The molecule has 0 aromatic heterocycles. The van der Waals surface area contributed by atoms with Gasteiger partial charge in [-0.3, -0.25) is 4.79 Å². The molecule has 1 aliphatic carbocycles. The van der Waals surface area contributed by atoms with Gasteiger partial charge in [0.1, 0.15) is 6.61 Å². The summed E-state index contributed by atoms with van der Waals surface area (Å²) in [6.45, 7) is 2.17. The normalized spacial score (nSPS) is 22.0. The zero-order valence-corrected chi connectivity index (χ0v) is 14.9. The quantitative estimate of drug-likeness (QED) is 0.693. The van der Waals surface area contributed by atoms with Crippen molar-refractivity contribution < 1.29 is 14.3 Å². The number of hydrogen-bond acceptors (Lipinski definition) is 3. The highest BCUT2D eigenvalue weighted by atomic mass is 16.6. The van der Waals surface area contributed by atoms with Gasteiger partial charge in [-0.15, -0.1) is 0 Å². The number of hydrogen-bond donors (Lipinski definition) is 0. The van der Waals surface area contributed by atoms with E-state index in [1.54, 1.807) is 0 Å². The molecule has 25 heavy (non-hydrogen) atoms. The predicted octanol–water partition coefficient (Wildman–Crippen LogP) is 4.35. The molecule has 2 atom stereocenters. The number of carbonyl (C=O) groups excluding carboxylic acids is 2. The monoisotopic (exact) mass is 341 g/mol. The lowest BCUT2D eigenvalue weighted by Gasteiger charge is -2.24. The van der Waals surface area contributed by atoms with Crippen molar-refractivity contribution in [3.8, 4) is 0 Å².